The molecule has 2 aromatic heterocycles. The fourth-order valence-corrected chi connectivity index (χ4v) is 5.49. The van der Waals surface area contributed by atoms with Crippen LogP contribution in [0.4, 0.5) is 0 Å². The van der Waals surface area contributed by atoms with E-state index in [1.165, 1.54) is 10.4 Å². The molecule has 0 aliphatic heterocycles. The number of rotatable bonds is 4. The zero-order valence-electron chi connectivity index (χ0n) is 17.1. The zero-order valence-corrected chi connectivity index (χ0v) is 17.9. The summed E-state index contributed by atoms with van der Waals surface area (Å²) in [6.07, 6.45) is 3.17. The number of fused-ring (bicyclic) bond motifs is 3. The average molecular weight is 397 g/mol. The molecule has 148 valence electrons. The van der Waals surface area contributed by atoms with E-state index >= 15 is 0 Å². The van der Waals surface area contributed by atoms with E-state index in [9.17, 15) is 4.79 Å². The third-order valence-corrected chi connectivity index (χ3v) is 7.09. The summed E-state index contributed by atoms with van der Waals surface area (Å²) in [6, 6.07) is 9.98. The molecule has 4 nitrogen and oxygen atoms in total. The summed E-state index contributed by atoms with van der Waals surface area (Å²) < 4.78 is 7.06. The Morgan fingerprint density at radius 3 is 2.68 bits per heavy atom. The Labute approximate surface area is 170 Å². The Kier molecular flexibility index (Phi) is 5.15. The maximum Gasteiger partial charge on any atom is 0.262 e. The van der Waals surface area contributed by atoms with Gasteiger partial charge in [-0.1, -0.05) is 51.1 Å². The monoisotopic (exact) mass is 396 g/mol. The Morgan fingerprint density at radius 2 is 2.00 bits per heavy atom. The lowest BCUT2D eigenvalue weighted by molar-refractivity contribution is 0.186. The first-order valence-electron chi connectivity index (χ1n) is 9.99. The standard InChI is InChI=1S/C23H28N2O2S/c1-23(2,3)16-10-11-17-18(14-16)28-21-19(17)22(26)25(12-13-27-4)20(24-21)15-8-6-5-7-9-15/h5-9,16H,10-14H2,1-4H3. The first kappa shape index (κ1) is 19.3. The van der Waals surface area contributed by atoms with Crippen LogP contribution in [0.15, 0.2) is 35.1 Å². The quantitative estimate of drug-likeness (QED) is 0.628. The second kappa shape index (κ2) is 7.45. The predicted molar refractivity (Wildman–Crippen MR) is 116 cm³/mol. The van der Waals surface area contributed by atoms with E-state index < -0.39 is 0 Å². The van der Waals surface area contributed by atoms with E-state index in [4.69, 9.17) is 9.72 Å². The lowest BCUT2D eigenvalue weighted by Gasteiger charge is -2.33. The van der Waals surface area contributed by atoms with Gasteiger partial charge in [0.25, 0.3) is 5.56 Å². The summed E-state index contributed by atoms with van der Waals surface area (Å²) in [5.41, 5.74) is 2.57. The van der Waals surface area contributed by atoms with Crippen molar-refractivity contribution in [2.45, 2.75) is 46.6 Å². The van der Waals surface area contributed by atoms with Gasteiger partial charge in [-0.05, 0) is 36.2 Å². The van der Waals surface area contributed by atoms with Crippen molar-refractivity contribution >= 4 is 21.6 Å². The lowest BCUT2D eigenvalue weighted by atomic mass is 9.72. The van der Waals surface area contributed by atoms with E-state index in [2.05, 4.69) is 20.8 Å². The molecule has 0 radical (unpaired) electrons. The highest BCUT2D eigenvalue weighted by Gasteiger charge is 2.32. The third-order valence-electron chi connectivity index (χ3n) is 5.94. The highest BCUT2D eigenvalue weighted by Crippen LogP contribution is 2.42. The summed E-state index contributed by atoms with van der Waals surface area (Å²) in [4.78, 5) is 20.7. The van der Waals surface area contributed by atoms with Gasteiger partial charge in [0, 0.05) is 17.6 Å². The Bertz CT molecular complexity index is 1040. The molecule has 0 spiro atoms. The van der Waals surface area contributed by atoms with Gasteiger partial charge < -0.3 is 4.74 Å². The molecule has 1 aliphatic rings. The van der Waals surface area contributed by atoms with Crippen LogP contribution in [-0.2, 0) is 24.1 Å². The van der Waals surface area contributed by atoms with Crippen molar-refractivity contribution in [3.05, 3.63) is 51.1 Å². The van der Waals surface area contributed by atoms with Gasteiger partial charge in [0.05, 0.1) is 18.5 Å². The van der Waals surface area contributed by atoms with E-state index in [0.717, 1.165) is 40.9 Å². The number of nitrogens with zero attached hydrogens (tertiary/aromatic N) is 2. The van der Waals surface area contributed by atoms with Gasteiger partial charge in [0.1, 0.15) is 10.7 Å². The molecule has 0 N–H and O–H groups in total. The van der Waals surface area contributed by atoms with E-state index in [0.29, 0.717) is 19.1 Å². The van der Waals surface area contributed by atoms with Crippen molar-refractivity contribution in [3.8, 4) is 11.4 Å². The van der Waals surface area contributed by atoms with Gasteiger partial charge in [-0.2, -0.15) is 0 Å². The number of thiophene rings is 1. The molecule has 0 amide bonds. The van der Waals surface area contributed by atoms with Crippen LogP contribution in [-0.4, -0.2) is 23.3 Å². The third kappa shape index (κ3) is 3.42. The summed E-state index contributed by atoms with van der Waals surface area (Å²) in [5.74, 6) is 1.39. The fraction of sp³-hybridized carbons (Fsp3) is 0.478. The predicted octanol–water partition coefficient (Wildman–Crippen LogP) is 4.92. The van der Waals surface area contributed by atoms with Crippen LogP contribution in [0.25, 0.3) is 21.6 Å². The van der Waals surface area contributed by atoms with Crippen molar-refractivity contribution in [2.24, 2.45) is 11.3 Å². The first-order chi connectivity index (χ1) is 13.4. The van der Waals surface area contributed by atoms with Crippen LogP contribution in [0.5, 0.6) is 0 Å². The smallest absolute Gasteiger partial charge is 0.262 e. The Morgan fingerprint density at radius 1 is 1.25 bits per heavy atom. The second-order valence-electron chi connectivity index (χ2n) is 8.74. The number of methoxy groups -OCH3 is 1. The van der Waals surface area contributed by atoms with Crippen LogP contribution in [0, 0.1) is 11.3 Å². The molecule has 3 aromatic rings. The molecule has 1 atom stereocenters. The molecule has 28 heavy (non-hydrogen) atoms. The van der Waals surface area contributed by atoms with E-state index in [-0.39, 0.29) is 11.0 Å². The molecule has 0 bridgehead atoms. The van der Waals surface area contributed by atoms with Gasteiger partial charge in [-0.15, -0.1) is 11.3 Å². The van der Waals surface area contributed by atoms with Crippen molar-refractivity contribution < 1.29 is 4.74 Å². The van der Waals surface area contributed by atoms with Crippen molar-refractivity contribution in [2.75, 3.05) is 13.7 Å². The van der Waals surface area contributed by atoms with Gasteiger partial charge in [-0.25, -0.2) is 4.98 Å². The Balaban J connectivity index is 1.89. The number of aromatic nitrogens is 2. The maximum atomic E-state index is 13.5. The molecular weight excluding hydrogens is 368 g/mol. The van der Waals surface area contributed by atoms with Gasteiger partial charge in [0.15, 0.2) is 0 Å². The van der Waals surface area contributed by atoms with Crippen LogP contribution in [0.1, 0.15) is 37.6 Å². The summed E-state index contributed by atoms with van der Waals surface area (Å²) >= 11 is 1.72. The zero-order chi connectivity index (χ0) is 19.9. The van der Waals surface area contributed by atoms with Gasteiger partial charge in [0.2, 0.25) is 0 Å². The van der Waals surface area contributed by atoms with Crippen LogP contribution in [0.2, 0.25) is 0 Å². The second-order valence-corrected chi connectivity index (χ2v) is 9.82. The highest BCUT2D eigenvalue weighted by molar-refractivity contribution is 7.18. The molecule has 0 saturated heterocycles. The van der Waals surface area contributed by atoms with E-state index in [1.807, 2.05) is 30.3 Å². The number of hydrogen-bond donors (Lipinski definition) is 0. The minimum Gasteiger partial charge on any atom is -0.383 e. The number of benzene rings is 1. The molecule has 0 fully saturated rings. The number of aryl methyl sites for hydroxylation is 1. The number of ether oxygens (including phenoxy) is 1. The molecule has 5 heteroatoms. The topological polar surface area (TPSA) is 44.1 Å². The fourth-order valence-electron chi connectivity index (χ4n) is 4.20. The van der Waals surface area contributed by atoms with Crippen LogP contribution < -0.4 is 5.56 Å². The van der Waals surface area contributed by atoms with Gasteiger partial charge >= 0.3 is 0 Å². The normalized spacial score (nSPS) is 17.1. The molecule has 4 rings (SSSR count). The SMILES string of the molecule is COCCn1c(-c2ccccc2)nc2sc3c(c2c1=O)CCC(C(C)(C)C)C3. The highest BCUT2D eigenvalue weighted by atomic mass is 32.1. The van der Waals surface area contributed by atoms with Crippen molar-refractivity contribution in [1.82, 2.24) is 9.55 Å². The largest absolute Gasteiger partial charge is 0.383 e. The molecule has 0 saturated carbocycles. The Hall–Kier alpha value is -1.98. The van der Waals surface area contributed by atoms with Crippen LogP contribution >= 0.6 is 11.3 Å². The summed E-state index contributed by atoms with van der Waals surface area (Å²) in [5, 5.41) is 0.836. The minimum absolute atomic E-state index is 0.0765. The lowest BCUT2D eigenvalue weighted by Crippen LogP contribution is -2.28. The molecule has 2 heterocycles. The van der Waals surface area contributed by atoms with Crippen molar-refractivity contribution in [1.29, 1.82) is 0 Å². The van der Waals surface area contributed by atoms with Gasteiger partial charge in [-0.3, -0.25) is 9.36 Å². The molecular formula is C23H28N2O2S. The molecule has 1 aliphatic carbocycles. The first-order valence-corrected chi connectivity index (χ1v) is 10.8. The van der Waals surface area contributed by atoms with Crippen LogP contribution in [0.3, 0.4) is 0 Å². The molecule has 1 aromatic carbocycles. The maximum absolute atomic E-state index is 13.5. The number of hydrogen-bond acceptors (Lipinski definition) is 4. The summed E-state index contributed by atoms with van der Waals surface area (Å²) in [6.45, 7) is 7.96. The average Bonchev–Trinajstić information content (AvgIpc) is 3.05. The molecule has 1 unspecified atom stereocenters. The van der Waals surface area contributed by atoms with Crippen molar-refractivity contribution in [3.63, 3.8) is 0 Å². The minimum atomic E-state index is 0.0765. The summed E-state index contributed by atoms with van der Waals surface area (Å²) in [7, 11) is 1.66. The van der Waals surface area contributed by atoms with E-state index in [1.54, 1.807) is 23.0 Å².